The minimum atomic E-state index is -2.18. The molecule has 5 aromatic rings. The zero-order chi connectivity index (χ0) is 21.9. The fraction of sp³-hybridized carbons (Fsp3) is 0.0400. The number of benzene rings is 4. The lowest BCUT2D eigenvalue weighted by Gasteiger charge is -2.18. The lowest BCUT2D eigenvalue weighted by Crippen LogP contribution is -2.07. The van der Waals surface area contributed by atoms with Crippen LogP contribution in [0.5, 0.6) is 0 Å². The monoisotopic (exact) mass is 423 g/mol. The zero-order valence-corrected chi connectivity index (χ0v) is 16.2. The molecule has 4 aromatic carbocycles. The highest BCUT2D eigenvalue weighted by Crippen LogP contribution is 2.40. The number of rotatable bonds is 2. The molecule has 0 spiro atoms. The van der Waals surface area contributed by atoms with Crippen molar-refractivity contribution in [3.8, 4) is 16.8 Å². The van der Waals surface area contributed by atoms with E-state index >= 15 is 0 Å². The molecule has 0 aliphatic carbocycles. The third-order valence-corrected chi connectivity index (χ3v) is 5.52. The maximum absolute atomic E-state index is 14.7. The fourth-order valence-corrected chi connectivity index (χ4v) is 4.16. The summed E-state index contributed by atoms with van der Waals surface area (Å²) in [5.74, 6) is -9.83. The number of halogens is 5. The van der Waals surface area contributed by atoms with Gasteiger partial charge in [-0.15, -0.1) is 0 Å². The topological polar surface area (TPSA) is 4.93 Å². The van der Waals surface area contributed by atoms with Gasteiger partial charge in [0.05, 0.1) is 22.3 Å². The maximum atomic E-state index is 14.7. The minimum absolute atomic E-state index is 0.0840. The molecular formula is C25H14F5N. The van der Waals surface area contributed by atoms with E-state index < -0.39 is 34.6 Å². The first-order valence-electron chi connectivity index (χ1n) is 9.51. The van der Waals surface area contributed by atoms with Crippen molar-refractivity contribution in [3.63, 3.8) is 0 Å². The van der Waals surface area contributed by atoms with E-state index in [0.29, 0.717) is 11.3 Å². The van der Waals surface area contributed by atoms with Crippen LogP contribution in [-0.4, -0.2) is 4.57 Å². The minimum Gasteiger partial charge on any atom is -0.308 e. The van der Waals surface area contributed by atoms with Crippen molar-refractivity contribution in [1.29, 1.82) is 0 Å². The molecule has 5 rings (SSSR count). The summed E-state index contributed by atoms with van der Waals surface area (Å²) in [7, 11) is 0. The molecule has 0 aliphatic heterocycles. The second-order valence-electron chi connectivity index (χ2n) is 7.29. The van der Waals surface area contributed by atoms with Gasteiger partial charge in [0.25, 0.3) is 0 Å². The maximum Gasteiger partial charge on any atom is 0.200 e. The van der Waals surface area contributed by atoms with Crippen LogP contribution in [0.4, 0.5) is 22.0 Å². The highest BCUT2D eigenvalue weighted by Gasteiger charge is 2.29. The Kier molecular flexibility index (Phi) is 4.32. The van der Waals surface area contributed by atoms with Crippen LogP contribution in [-0.2, 0) is 0 Å². The molecule has 0 N–H and O–H groups in total. The Bertz CT molecular complexity index is 1420. The van der Waals surface area contributed by atoms with E-state index in [1.54, 1.807) is 17.6 Å². The molecule has 1 nitrogen and oxygen atoms in total. The van der Waals surface area contributed by atoms with Crippen LogP contribution in [0.25, 0.3) is 38.6 Å². The summed E-state index contributed by atoms with van der Waals surface area (Å²) >= 11 is 0. The van der Waals surface area contributed by atoms with Gasteiger partial charge in [0.1, 0.15) is 0 Å². The van der Waals surface area contributed by atoms with Gasteiger partial charge in [0, 0.05) is 16.3 Å². The molecule has 154 valence electrons. The predicted octanol–water partition coefficient (Wildman–Crippen LogP) is 7.45. The molecule has 0 fully saturated rings. The number of aromatic nitrogens is 1. The molecule has 0 atom stereocenters. The number of nitrogens with zero attached hydrogens (tertiary/aromatic N) is 1. The van der Waals surface area contributed by atoms with Crippen LogP contribution >= 0.6 is 0 Å². The molecule has 1 aromatic heterocycles. The lowest BCUT2D eigenvalue weighted by molar-refractivity contribution is 0.381. The smallest absolute Gasteiger partial charge is 0.200 e. The highest BCUT2D eigenvalue weighted by molar-refractivity contribution is 6.09. The van der Waals surface area contributed by atoms with Crippen molar-refractivity contribution in [2.24, 2.45) is 0 Å². The summed E-state index contributed by atoms with van der Waals surface area (Å²) in [4.78, 5) is 0. The molecule has 1 heterocycles. The molecule has 0 saturated heterocycles. The second-order valence-corrected chi connectivity index (χ2v) is 7.29. The summed E-state index contributed by atoms with van der Waals surface area (Å²) in [6, 6.07) is 19.6. The first kappa shape index (κ1) is 19.3. The summed E-state index contributed by atoms with van der Waals surface area (Å²) in [5, 5.41) is 1.81. The van der Waals surface area contributed by atoms with Crippen molar-refractivity contribution in [2.45, 2.75) is 6.92 Å². The SMILES string of the molecule is Cc1cccc(-c2c(F)c(F)c(F)c(F)c2F)c1-n1c2ccccc2c2ccccc21. The Balaban J connectivity index is 1.97. The molecule has 31 heavy (non-hydrogen) atoms. The van der Waals surface area contributed by atoms with Gasteiger partial charge >= 0.3 is 0 Å². The van der Waals surface area contributed by atoms with Crippen LogP contribution in [0, 0.1) is 36.0 Å². The van der Waals surface area contributed by atoms with E-state index in [4.69, 9.17) is 0 Å². The van der Waals surface area contributed by atoms with E-state index in [1.165, 1.54) is 12.1 Å². The summed E-state index contributed by atoms with van der Waals surface area (Å²) in [6.45, 7) is 1.73. The largest absolute Gasteiger partial charge is 0.308 e. The molecule has 0 radical (unpaired) electrons. The van der Waals surface area contributed by atoms with Gasteiger partial charge in [0.15, 0.2) is 23.3 Å². The Morgan fingerprint density at radius 2 is 1.03 bits per heavy atom. The zero-order valence-electron chi connectivity index (χ0n) is 16.2. The van der Waals surface area contributed by atoms with Gasteiger partial charge in [-0.2, -0.15) is 0 Å². The van der Waals surface area contributed by atoms with Crippen LogP contribution in [0.3, 0.4) is 0 Å². The average molecular weight is 423 g/mol. The second kappa shape index (κ2) is 6.94. The first-order chi connectivity index (χ1) is 14.9. The molecule has 0 unspecified atom stereocenters. The number of para-hydroxylation sites is 3. The third-order valence-electron chi connectivity index (χ3n) is 5.52. The van der Waals surface area contributed by atoms with Crippen molar-refractivity contribution >= 4 is 21.8 Å². The summed E-state index contributed by atoms with van der Waals surface area (Å²) in [6.07, 6.45) is 0. The van der Waals surface area contributed by atoms with Gasteiger partial charge in [-0.05, 0) is 24.6 Å². The fourth-order valence-electron chi connectivity index (χ4n) is 4.16. The average Bonchev–Trinajstić information content (AvgIpc) is 3.11. The summed E-state index contributed by atoms with van der Waals surface area (Å²) < 4.78 is 72.9. The van der Waals surface area contributed by atoms with Crippen molar-refractivity contribution < 1.29 is 22.0 Å². The Morgan fingerprint density at radius 1 is 0.548 bits per heavy atom. The van der Waals surface area contributed by atoms with Gasteiger partial charge in [-0.25, -0.2) is 22.0 Å². The van der Waals surface area contributed by atoms with Crippen LogP contribution < -0.4 is 0 Å². The van der Waals surface area contributed by atoms with Crippen molar-refractivity contribution in [2.75, 3.05) is 0 Å². The molecule has 0 saturated carbocycles. The molecule has 0 aliphatic rings. The number of aryl methyl sites for hydroxylation is 1. The van der Waals surface area contributed by atoms with E-state index in [2.05, 4.69) is 0 Å². The number of hydrogen-bond acceptors (Lipinski definition) is 0. The van der Waals surface area contributed by atoms with Gasteiger partial charge < -0.3 is 4.57 Å². The first-order valence-corrected chi connectivity index (χ1v) is 9.51. The Hall–Kier alpha value is -3.67. The van der Waals surface area contributed by atoms with Gasteiger partial charge in [0.2, 0.25) is 5.82 Å². The number of fused-ring (bicyclic) bond motifs is 3. The van der Waals surface area contributed by atoms with Crippen LogP contribution in [0.1, 0.15) is 5.56 Å². The Labute approximate surface area is 174 Å². The lowest BCUT2D eigenvalue weighted by atomic mass is 9.98. The van der Waals surface area contributed by atoms with Crippen LogP contribution in [0.15, 0.2) is 66.7 Å². The normalized spacial score (nSPS) is 11.5. The predicted molar refractivity (Wildman–Crippen MR) is 111 cm³/mol. The standard InChI is InChI=1S/C25H14F5N/c1-13-7-6-10-16(19-20(26)22(28)24(30)23(29)21(19)27)25(13)31-17-11-4-2-8-14(17)15-9-3-5-12-18(15)31/h2-12H,1H3. The molecule has 0 bridgehead atoms. The van der Waals surface area contributed by atoms with Gasteiger partial charge in [-0.3, -0.25) is 0 Å². The highest BCUT2D eigenvalue weighted by atomic mass is 19.2. The van der Waals surface area contributed by atoms with E-state index in [9.17, 15) is 22.0 Å². The van der Waals surface area contributed by atoms with Crippen molar-refractivity contribution in [1.82, 2.24) is 4.57 Å². The Morgan fingerprint density at radius 3 is 1.58 bits per heavy atom. The van der Waals surface area contributed by atoms with Gasteiger partial charge in [-0.1, -0.05) is 54.6 Å². The van der Waals surface area contributed by atoms with Crippen molar-refractivity contribution in [3.05, 3.63) is 101 Å². The van der Waals surface area contributed by atoms with E-state index in [-0.39, 0.29) is 5.56 Å². The third kappa shape index (κ3) is 2.68. The van der Waals surface area contributed by atoms with E-state index in [1.807, 2.05) is 48.5 Å². The van der Waals surface area contributed by atoms with E-state index in [0.717, 1.165) is 21.8 Å². The molecular weight excluding hydrogens is 409 g/mol. The van der Waals surface area contributed by atoms with Crippen LogP contribution in [0.2, 0.25) is 0 Å². The quantitative estimate of drug-likeness (QED) is 0.158. The molecule has 6 heteroatoms. The number of hydrogen-bond donors (Lipinski definition) is 0. The molecule has 0 amide bonds. The summed E-state index contributed by atoms with van der Waals surface area (Å²) in [5.41, 5.74) is 1.44.